The molecule has 0 spiro atoms. The van der Waals surface area contributed by atoms with Gasteiger partial charge in [0.2, 0.25) is 0 Å². The highest BCUT2D eigenvalue weighted by molar-refractivity contribution is 9.10. The number of nitrogens with zero attached hydrogens (tertiary/aromatic N) is 1. The molecular weight excluding hydrogens is 304 g/mol. The number of nitrogens with one attached hydrogen (secondary N) is 1. The minimum absolute atomic E-state index is 0.181. The predicted molar refractivity (Wildman–Crippen MR) is 85.8 cm³/mol. The number of halogens is 1. The predicted octanol–water partition coefficient (Wildman–Crippen LogP) is 3.33. The van der Waals surface area contributed by atoms with Gasteiger partial charge in [0.15, 0.2) is 0 Å². The minimum Gasteiger partial charge on any atom is -0.395 e. The molecule has 0 saturated carbocycles. The Morgan fingerprint density at radius 3 is 2.68 bits per heavy atom. The first-order valence-corrected chi connectivity index (χ1v) is 7.81. The maximum Gasteiger partial charge on any atom is 0.0606 e. The molecule has 1 aromatic carbocycles. The van der Waals surface area contributed by atoms with Crippen LogP contribution in [0.1, 0.15) is 38.8 Å². The molecule has 0 aromatic heterocycles. The lowest BCUT2D eigenvalue weighted by Gasteiger charge is -2.28. The van der Waals surface area contributed by atoms with E-state index in [2.05, 4.69) is 65.1 Å². The Bertz CT molecular complexity index is 384. The first-order valence-electron chi connectivity index (χ1n) is 7.02. The van der Waals surface area contributed by atoms with E-state index in [9.17, 15) is 5.11 Å². The monoisotopic (exact) mass is 328 g/mol. The third-order valence-corrected chi connectivity index (χ3v) is 3.74. The molecule has 0 fully saturated rings. The van der Waals surface area contributed by atoms with Gasteiger partial charge in [-0.25, -0.2) is 0 Å². The van der Waals surface area contributed by atoms with Gasteiger partial charge < -0.3 is 15.3 Å². The zero-order valence-electron chi connectivity index (χ0n) is 12.1. The number of benzene rings is 1. The van der Waals surface area contributed by atoms with Gasteiger partial charge in [0.05, 0.1) is 6.61 Å². The summed E-state index contributed by atoms with van der Waals surface area (Å²) in [6.45, 7) is 9.24. The molecule has 1 unspecified atom stereocenters. The van der Waals surface area contributed by atoms with Crippen LogP contribution in [0, 0.1) is 0 Å². The van der Waals surface area contributed by atoms with Crippen molar-refractivity contribution in [2.45, 2.75) is 33.2 Å². The number of hydrogen-bond acceptors (Lipinski definition) is 3. The van der Waals surface area contributed by atoms with Gasteiger partial charge in [-0.2, -0.15) is 0 Å². The van der Waals surface area contributed by atoms with Crippen LogP contribution in [0.2, 0.25) is 0 Å². The summed E-state index contributed by atoms with van der Waals surface area (Å²) in [6, 6.07) is 6.66. The zero-order valence-corrected chi connectivity index (χ0v) is 13.7. The Labute approximate surface area is 125 Å². The average molecular weight is 329 g/mol. The second-order valence-corrected chi connectivity index (χ2v) is 5.60. The Hall–Kier alpha value is -0.580. The topological polar surface area (TPSA) is 35.5 Å². The third kappa shape index (κ3) is 4.79. The van der Waals surface area contributed by atoms with Crippen LogP contribution < -0.4 is 10.2 Å². The van der Waals surface area contributed by atoms with Gasteiger partial charge in [-0.3, -0.25) is 0 Å². The van der Waals surface area contributed by atoms with E-state index in [-0.39, 0.29) is 6.61 Å². The van der Waals surface area contributed by atoms with Crippen LogP contribution in [0.5, 0.6) is 0 Å². The van der Waals surface area contributed by atoms with E-state index < -0.39 is 0 Å². The number of aliphatic hydroxyl groups excluding tert-OH is 1. The van der Waals surface area contributed by atoms with Gasteiger partial charge in [0, 0.05) is 29.3 Å². The quantitative estimate of drug-likeness (QED) is 0.768. The van der Waals surface area contributed by atoms with Crippen LogP contribution in [-0.4, -0.2) is 31.3 Å². The highest BCUT2D eigenvalue weighted by Gasteiger charge is 2.14. The molecule has 19 heavy (non-hydrogen) atoms. The maximum absolute atomic E-state index is 9.19. The fourth-order valence-electron chi connectivity index (χ4n) is 2.20. The molecule has 0 saturated heterocycles. The lowest BCUT2D eigenvalue weighted by molar-refractivity contribution is 0.302. The second-order valence-electron chi connectivity index (χ2n) is 4.68. The normalized spacial score (nSPS) is 12.5. The van der Waals surface area contributed by atoms with Gasteiger partial charge in [-0.1, -0.05) is 22.9 Å². The fourth-order valence-corrected chi connectivity index (χ4v) is 2.58. The molecule has 0 amide bonds. The van der Waals surface area contributed by atoms with Crippen molar-refractivity contribution in [3.05, 3.63) is 28.2 Å². The lowest BCUT2D eigenvalue weighted by Crippen LogP contribution is -2.29. The molecule has 2 N–H and O–H groups in total. The van der Waals surface area contributed by atoms with Gasteiger partial charge >= 0.3 is 0 Å². The van der Waals surface area contributed by atoms with E-state index in [4.69, 9.17) is 0 Å². The van der Waals surface area contributed by atoms with Crippen molar-refractivity contribution in [1.82, 2.24) is 5.32 Å². The van der Waals surface area contributed by atoms with E-state index in [1.807, 2.05) is 0 Å². The smallest absolute Gasteiger partial charge is 0.0606 e. The maximum atomic E-state index is 9.19. The number of anilines is 1. The Morgan fingerprint density at radius 2 is 2.11 bits per heavy atom. The van der Waals surface area contributed by atoms with Gasteiger partial charge in [-0.05, 0) is 50.6 Å². The molecule has 0 aliphatic heterocycles. The number of hydrogen-bond donors (Lipinski definition) is 2. The van der Waals surface area contributed by atoms with E-state index in [1.54, 1.807) is 0 Å². The van der Waals surface area contributed by atoms with Crippen LogP contribution in [0.15, 0.2) is 22.7 Å². The van der Waals surface area contributed by atoms with Crippen LogP contribution in [-0.2, 0) is 0 Å². The highest BCUT2D eigenvalue weighted by atomic mass is 79.9. The minimum atomic E-state index is 0.181. The molecular formula is C15H25BrN2O. The van der Waals surface area contributed by atoms with Crippen LogP contribution in [0.4, 0.5) is 5.69 Å². The molecule has 0 bridgehead atoms. The van der Waals surface area contributed by atoms with Crippen LogP contribution >= 0.6 is 15.9 Å². The zero-order chi connectivity index (χ0) is 14.3. The molecule has 1 rings (SSSR count). The summed E-state index contributed by atoms with van der Waals surface area (Å²) in [5.74, 6) is 0. The Morgan fingerprint density at radius 1 is 1.37 bits per heavy atom. The lowest BCUT2D eigenvalue weighted by atomic mass is 10.0. The first-order chi connectivity index (χ1) is 9.13. The molecule has 3 nitrogen and oxygen atoms in total. The largest absolute Gasteiger partial charge is 0.395 e. The summed E-state index contributed by atoms with van der Waals surface area (Å²) in [6.07, 6.45) is 1.13. The highest BCUT2D eigenvalue weighted by Crippen LogP contribution is 2.29. The van der Waals surface area contributed by atoms with Crippen LogP contribution in [0.25, 0.3) is 0 Å². The van der Waals surface area contributed by atoms with Crippen molar-refractivity contribution in [2.24, 2.45) is 0 Å². The summed E-state index contributed by atoms with van der Waals surface area (Å²) in [5.41, 5.74) is 2.48. The number of likely N-dealkylation sites (N-methyl/N-ethyl adjacent to an activating group) is 1. The average Bonchev–Trinajstić information content (AvgIpc) is 2.42. The molecule has 4 heteroatoms. The fraction of sp³-hybridized carbons (Fsp3) is 0.600. The van der Waals surface area contributed by atoms with Crippen LogP contribution in [0.3, 0.4) is 0 Å². The molecule has 0 aliphatic rings. The molecule has 1 atom stereocenters. The summed E-state index contributed by atoms with van der Waals surface area (Å²) in [7, 11) is 0. The summed E-state index contributed by atoms with van der Waals surface area (Å²) < 4.78 is 1.09. The molecule has 0 aliphatic carbocycles. The van der Waals surface area contributed by atoms with E-state index in [0.717, 1.165) is 24.0 Å². The van der Waals surface area contributed by atoms with Crippen molar-refractivity contribution in [1.29, 1.82) is 0 Å². The summed E-state index contributed by atoms with van der Waals surface area (Å²) in [5, 5.41) is 12.7. The van der Waals surface area contributed by atoms with Crippen molar-refractivity contribution in [2.75, 3.05) is 31.1 Å². The first kappa shape index (κ1) is 16.5. The van der Waals surface area contributed by atoms with E-state index >= 15 is 0 Å². The van der Waals surface area contributed by atoms with Crippen molar-refractivity contribution in [3.63, 3.8) is 0 Å². The molecule has 108 valence electrons. The standard InChI is InChI=1S/C15H25BrN2O/c1-4-8-17-12(3)14-11-13(16)6-7-15(14)18(5-2)9-10-19/h6-7,11-12,17,19H,4-5,8-10H2,1-3H3. The summed E-state index contributed by atoms with van der Waals surface area (Å²) >= 11 is 3.55. The Kier molecular flexibility index (Phi) is 7.42. The Balaban J connectivity index is 3.02. The SMILES string of the molecule is CCCNC(C)c1cc(Br)ccc1N(CC)CCO. The summed E-state index contributed by atoms with van der Waals surface area (Å²) in [4.78, 5) is 2.21. The number of rotatable bonds is 8. The molecule has 0 heterocycles. The van der Waals surface area contributed by atoms with Crippen molar-refractivity contribution < 1.29 is 5.11 Å². The van der Waals surface area contributed by atoms with Crippen molar-refractivity contribution >= 4 is 21.6 Å². The van der Waals surface area contributed by atoms with E-state index in [1.165, 1.54) is 11.3 Å². The van der Waals surface area contributed by atoms with Gasteiger partial charge in [-0.15, -0.1) is 0 Å². The van der Waals surface area contributed by atoms with Gasteiger partial charge in [0.25, 0.3) is 0 Å². The van der Waals surface area contributed by atoms with E-state index in [0.29, 0.717) is 12.6 Å². The third-order valence-electron chi connectivity index (χ3n) is 3.25. The molecule has 1 aromatic rings. The molecule has 0 radical (unpaired) electrons. The number of aliphatic hydroxyl groups is 1. The second kappa shape index (κ2) is 8.56. The van der Waals surface area contributed by atoms with Gasteiger partial charge in [0.1, 0.15) is 0 Å². The van der Waals surface area contributed by atoms with Crippen molar-refractivity contribution in [3.8, 4) is 0 Å².